The molecule has 0 aliphatic rings. The van der Waals surface area contributed by atoms with Crippen molar-refractivity contribution in [2.24, 2.45) is 0 Å². The summed E-state index contributed by atoms with van der Waals surface area (Å²) in [7, 11) is 0. The molecule has 0 aliphatic carbocycles. The van der Waals surface area contributed by atoms with Crippen molar-refractivity contribution >= 4 is 11.9 Å². The molecule has 0 bridgehead atoms. The topological polar surface area (TPSA) is 95.9 Å². The van der Waals surface area contributed by atoms with Crippen LogP contribution in [0.2, 0.25) is 0 Å². The molecule has 458 valence electrons. The molecule has 0 aromatic carbocycles. The molecule has 0 aromatic heterocycles. The van der Waals surface area contributed by atoms with Gasteiger partial charge < -0.3 is 20.3 Å². The summed E-state index contributed by atoms with van der Waals surface area (Å²) in [5, 5.41) is 23.3. The van der Waals surface area contributed by atoms with Crippen LogP contribution in [0, 0.1) is 0 Å². The molecule has 77 heavy (non-hydrogen) atoms. The zero-order valence-corrected chi connectivity index (χ0v) is 52.5. The number of allylic oxidation sites excluding steroid dienone is 1. The molecule has 2 unspecified atom stereocenters. The Labute approximate surface area is 482 Å². The summed E-state index contributed by atoms with van der Waals surface area (Å²) in [4.78, 5) is 24.6. The summed E-state index contributed by atoms with van der Waals surface area (Å²) < 4.78 is 5.48. The Balaban J connectivity index is 3.39. The van der Waals surface area contributed by atoms with Gasteiger partial charge in [0.25, 0.3) is 0 Å². The highest BCUT2D eigenvalue weighted by Gasteiger charge is 2.18. The molecule has 0 heterocycles. The smallest absolute Gasteiger partial charge is 0.305 e. The quantitative estimate of drug-likeness (QED) is 0.0320. The van der Waals surface area contributed by atoms with Gasteiger partial charge in [-0.2, -0.15) is 0 Å². The van der Waals surface area contributed by atoms with Crippen molar-refractivity contribution in [1.29, 1.82) is 0 Å². The van der Waals surface area contributed by atoms with Crippen LogP contribution in [-0.2, 0) is 14.3 Å². The number of ether oxygens (including phenoxy) is 1. The van der Waals surface area contributed by atoms with E-state index in [1.807, 2.05) is 6.08 Å². The Kier molecular flexibility index (Phi) is 65.9. The maximum absolute atomic E-state index is 12.5. The maximum Gasteiger partial charge on any atom is 0.305 e. The lowest BCUT2D eigenvalue weighted by atomic mass is 10.0. The number of carbonyl (C=O) groups excluding carboxylic acids is 2. The van der Waals surface area contributed by atoms with E-state index >= 15 is 0 Å². The van der Waals surface area contributed by atoms with E-state index in [9.17, 15) is 19.8 Å². The fourth-order valence-electron chi connectivity index (χ4n) is 11.4. The van der Waals surface area contributed by atoms with Crippen molar-refractivity contribution < 1.29 is 24.5 Å². The lowest BCUT2D eigenvalue weighted by molar-refractivity contribution is -0.143. The van der Waals surface area contributed by atoms with E-state index in [4.69, 9.17) is 4.74 Å². The number of esters is 1. The van der Waals surface area contributed by atoms with Crippen molar-refractivity contribution in [2.45, 2.75) is 418 Å². The van der Waals surface area contributed by atoms with Crippen molar-refractivity contribution in [1.82, 2.24) is 5.32 Å². The second-order valence-corrected chi connectivity index (χ2v) is 24.6. The van der Waals surface area contributed by atoms with Crippen LogP contribution < -0.4 is 5.32 Å². The molecule has 0 spiro atoms. The first kappa shape index (κ1) is 75.6. The highest BCUT2D eigenvalue weighted by molar-refractivity contribution is 5.76. The summed E-state index contributed by atoms with van der Waals surface area (Å²) in [5.74, 6) is -0.0436. The number of aliphatic hydroxyl groups excluding tert-OH is 2. The summed E-state index contributed by atoms with van der Waals surface area (Å²) in [6.07, 6.45) is 82.9. The molecule has 0 aromatic rings. The van der Waals surface area contributed by atoms with Gasteiger partial charge in [-0.1, -0.05) is 373 Å². The zero-order valence-electron chi connectivity index (χ0n) is 52.5. The van der Waals surface area contributed by atoms with Crippen LogP contribution in [-0.4, -0.2) is 47.4 Å². The Morgan fingerprint density at radius 3 is 0.883 bits per heavy atom. The van der Waals surface area contributed by atoms with Crippen molar-refractivity contribution in [3.05, 3.63) is 12.2 Å². The largest absolute Gasteiger partial charge is 0.466 e. The number of unbranched alkanes of at least 4 members (excludes halogenated alkanes) is 56. The standard InChI is InChI=1S/C71H139NO5/c1-3-5-7-9-11-13-15-17-18-19-20-21-25-28-31-34-37-40-43-47-51-55-59-63-69(74)68(67-73)72-70(75)64-60-56-52-48-44-41-38-35-32-29-26-23-22-24-27-30-33-36-39-42-46-50-54-58-62-66-77-71(76)65-61-57-53-49-45-16-14-12-10-8-6-4-2/h59,63,68-69,73-74H,3-58,60-62,64-67H2,1-2H3,(H,72,75)/b63-59+. The Bertz CT molecular complexity index is 1160. The van der Waals surface area contributed by atoms with Crippen LogP contribution in [0.1, 0.15) is 406 Å². The Morgan fingerprint density at radius 2 is 0.597 bits per heavy atom. The molecule has 0 saturated heterocycles. The van der Waals surface area contributed by atoms with Gasteiger partial charge in [0.15, 0.2) is 0 Å². The van der Waals surface area contributed by atoms with E-state index < -0.39 is 12.1 Å². The molecule has 0 radical (unpaired) electrons. The highest BCUT2D eigenvalue weighted by Crippen LogP contribution is 2.19. The van der Waals surface area contributed by atoms with Crippen molar-refractivity contribution in [3.8, 4) is 0 Å². The van der Waals surface area contributed by atoms with Gasteiger partial charge in [0.1, 0.15) is 0 Å². The average Bonchev–Trinajstić information content (AvgIpc) is 3.43. The van der Waals surface area contributed by atoms with Gasteiger partial charge in [0, 0.05) is 12.8 Å². The first-order valence-corrected chi connectivity index (χ1v) is 35.5. The molecule has 2 atom stereocenters. The van der Waals surface area contributed by atoms with E-state index in [2.05, 4.69) is 19.2 Å². The number of hydrogen-bond acceptors (Lipinski definition) is 5. The molecule has 6 nitrogen and oxygen atoms in total. The third kappa shape index (κ3) is 63.6. The minimum absolute atomic E-state index is 0.0177. The monoisotopic (exact) mass is 1090 g/mol. The number of carbonyl (C=O) groups is 2. The van der Waals surface area contributed by atoms with E-state index in [1.165, 1.54) is 340 Å². The molecular weight excluding hydrogens is 947 g/mol. The van der Waals surface area contributed by atoms with Gasteiger partial charge in [-0.15, -0.1) is 0 Å². The molecule has 3 N–H and O–H groups in total. The average molecular weight is 1090 g/mol. The highest BCUT2D eigenvalue weighted by atomic mass is 16.5. The number of rotatable bonds is 67. The second-order valence-electron chi connectivity index (χ2n) is 24.6. The van der Waals surface area contributed by atoms with Gasteiger partial charge >= 0.3 is 5.97 Å². The van der Waals surface area contributed by atoms with Crippen LogP contribution >= 0.6 is 0 Å². The minimum Gasteiger partial charge on any atom is -0.466 e. The first-order valence-electron chi connectivity index (χ1n) is 35.5. The summed E-state index contributed by atoms with van der Waals surface area (Å²) in [6.45, 7) is 4.95. The maximum atomic E-state index is 12.5. The molecule has 0 fully saturated rings. The van der Waals surface area contributed by atoms with Crippen LogP contribution in [0.15, 0.2) is 12.2 Å². The lowest BCUT2D eigenvalue weighted by Crippen LogP contribution is -2.45. The number of nitrogens with one attached hydrogen (secondary N) is 1. The Morgan fingerprint density at radius 1 is 0.351 bits per heavy atom. The predicted octanol–water partition coefficient (Wildman–Crippen LogP) is 22.8. The summed E-state index contributed by atoms with van der Waals surface area (Å²) in [5.41, 5.74) is 0. The molecule has 0 saturated carbocycles. The van der Waals surface area contributed by atoms with Crippen LogP contribution in [0.25, 0.3) is 0 Å². The third-order valence-electron chi connectivity index (χ3n) is 16.8. The number of hydrogen-bond donors (Lipinski definition) is 3. The van der Waals surface area contributed by atoms with E-state index in [-0.39, 0.29) is 18.5 Å². The van der Waals surface area contributed by atoms with Gasteiger partial charge in [0.05, 0.1) is 25.4 Å². The van der Waals surface area contributed by atoms with Crippen LogP contribution in [0.3, 0.4) is 0 Å². The number of amides is 1. The first-order chi connectivity index (χ1) is 38.0. The molecule has 0 aliphatic heterocycles. The Hall–Kier alpha value is -1.40. The van der Waals surface area contributed by atoms with Crippen molar-refractivity contribution in [2.75, 3.05) is 13.2 Å². The molecule has 1 amide bonds. The fourth-order valence-corrected chi connectivity index (χ4v) is 11.4. The van der Waals surface area contributed by atoms with Crippen LogP contribution in [0.5, 0.6) is 0 Å². The lowest BCUT2D eigenvalue weighted by Gasteiger charge is -2.20. The molecule has 0 rings (SSSR count). The summed E-state index contributed by atoms with van der Waals surface area (Å²) >= 11 is 0. The van der Waals surface area contributed by atoms with Gasteiger partial charge in [-0.25, -0.2) is 0 Å². The SMILES string of the molecule is CCCCCCCCCCCCCCCCCCCCCCC/C=C/C(O)C(CO)NC(=O)CCCCCCCCCCCCCCCCCCCCCCCCCCCOC(=O)CCCCCCCCCCCCCC. The van der Waals surface area contributed by atoms with Crippen molar-refractivity contribution in [3.63, 3.8) is 0 Å². The molecular formula is C71H139NO5. The molecule has 6 heteroatoms. The summed E-state index contributed by atoms with van der Waals surface area (Å²) in [6, 6.07) is -0.627. The fraction of sp³-hybridized carbons (Fsp3) is 0.944. The van der Waals surface area contributed by atoms with Gasteiger partial charge in [-0.3, -0.25) is 9.59 Å². The van der Waals surface area contributed by atoms with Crippen LogP contribution in [0.4, 0.5) is 0 Å². The van der Waals surface area contributed by atoms with E-state index in [0.29, 0.717) is 19.4 Å². The van der Waals surface area contributed by atoms with Gasteiger partial charge in [0.2, 0.25) is 5.91 Å². The predicted molar refractivity (Wildman–Crippen MR) is 338 cm³/mol. The zero-order chi connectivity index (χ0) is 55.7. The van der Waals surface area contributed by atoms with E-state index in [0.717, 1.165) is 38.5 Å². The van der Waals surface area contributed by atoms with Gasteiger partial charge in [-0.05, 0) is 32.1 Å². The number of aliphatic hydroxyl groups is 2. The second kappa shape index (κ2) is 67.1. The third-order valence-corrected chi connectivity index (χ3v) is 16.8. The van der Waals surface area contributed by atoms with E-state index in [1.54, 1.807) is 6.08 Å². The minimum atomic E-state index is -0.844. The normalized spacial score (nSPS) is 12.5.